The first kappa shape index (κ1) is 11.0. The van der Waals surface area contributed by atoms with E-state index in [2.05, 4.69) is 4.72 Å². The quantitative estimate of drug-likeness (QED) is 0.875. The Morgan fingerprint density at radius 3 is 2.44 bits per heavy atom. The highest BCUT2D eigenvalue weighted by Crippen LogP contribution is 2.20. The molecule has 0 aromatic heterocycles. The number of hydrogen-bond acceptors (Lipinski definition) is 2. The predicted octanol–water partition coefficient (Wildman–Crippen LogP) is 2.58. The fraction of sp³-hybridized carbons (Fsp3) is 0.167. The van der Waals surface area contributed by atoms with E-state index in [4.69, 9.17) is 0 Å². The van der Waals surface area contributed by atoms with Crippen LogP contribution in [-0.4, -0.2) is 8.42 Å². The first-order valence-corrected chi connectivity index (χ1v) is 6.51. The molecule has 3 nitrogen and oxygen atoms in total. The van der Waals surface area contributed by atoms with Crippen LogP contribution >= 0.6 is 0 Å². The van der Waals surface area contributed by atoms with Gasteiger partial charge in [-0.3, -0.25) is 4.72 Å². The van der Waals surface area contributed by atoms with E-state index in [9.17, 15) is 8.42 Å². The molecule has 16 heavy (non-hydrogen) atoms. The lowest BCUT2D eigenvalue weighted by Crippen LogP contribution is -2.13. The lowest BCUT2D eigenvalue weighted by Gasteiger charge is -2.08. The predicted molar refractivity (Wildman–Crippen MR) is 65.6 cm³/mol. The van der Waals surface area contributed by atoms with Gasteiger partial charge in [0.2, 0.25) is 0 Å². The summed E-state index contributed by atoms with van der Waals surface area (Å²) in [5.74, 6) is 0. The summed E-state index contributed by atoms with van der Waals surface area (Å²) in [5, 5.41) is 0. The van der Waals surface area contributed by atoms with Crippen molar-refractivity contribution < 1.29 is 8.42 Å². The molecule has 0 bridgehead atoms. The Labute approximate surface area is 95.5 Å². The van der Waals surface area contributed by atoms with Gasteiger partial charge in [0, 0.05) is 12.1 Å². The van der Waals surface area contributed by atoms with E-state index in [0.29, 0.717) is 17.0 Å². The van der Waals surface area contributed by atoms with Crippen molar-refractivity contribution in [3.63, 3.8) is 0 Å². The Bertz CT molecular complexity index is 539. The van der Waals surface area contributed by atoms with Crippen molar-refractivity contribution in [2.45, 2.75) is 13.3 Å². The molecule has 0 saturated carbocycles. The highest BCUT2D eigenvalue weighted by molar-refractivity contribution is 7.96. The summed E-state index contributed by atoms with van der Waals surface area (Å²) >= 11 is 0. The van der Waals surface area contributed by atoms with Gasteiger partial charge < -0.3 is 0 Å². The molecule has 0 unspecified atom stereocenters. The summed E-state index contributed by atoms with van der Waals surface area (Å²) in [6.45, 7) is 1.96. The van der Waals surface area contributed by atoms with Crippen LogP contribution in [0, 0.1) is 6.92 Å². The normalized spacial score (nSPS) is 14.9. The number of anilines is 1. The summed E-state index contributed by atoms with van der Waals surface area (Å²) in [6.07, 6.45) is 5.67. The van der Waals surface area contributed by atoms with Crippen molar-refractivity contribution in [3.05, 3.63) is 53.0 Å². The van der Waals surface area contributed by atoms with E-state index >= 15 is 0 Å². The number of nitrogens with one attached hydrogen (secondary N) is 1. The molecule has 0 spiro atoms. The molecule has 1 aromatic rings. The zero-order valence-corrected chi connectivity index (χ0v) is 9.79. The summed E-state index contributed by atoms with van der Waals surface area (Å²) in [6, 6.07) is 7.27. The highest BCUT2D eigenvalue weighted by Gasteiger charge is 2.17. The molecular weight excluding hydrogens is 222 g/mol. The van der Waals surface area contributed by atoms with E-state index in [1.54, 1.807) is 24.3 Å². The van der Waals surface area contributed by atoms with Crippen LogP contribution in [0.3, 0.4) is 0 Å². The summed E-state index contributed by atoms with van der Waals surface area (Å²) in [7, 11) is -3.38. The Morgan fingerprint density at radius 2 is 1.88 bits per heavy atom. The lowest BCUT2D eigenvalue weighted by atomic mass is 10.2. The third-order valence-corrected chi connectivity index (χ3v) is 3.88. The van der Waals surface area contributed by atoms with Crippen molar-refractivity contribution in [1.82, 2.24) is 0 Å². The van der Waals surface area contributed by atoms with Crippen LogP contribution in [-0.2, 0) is 10.0 Å². The number of hydrogen-bond donors (Lipinski definition) is 1. The monoisotopic (exact) mass is 235 g/mol. The number of benzene rings is 1. The molecule has 0 heterocycles. The van der Waals surface area contributed by atoms with Crippen LogP contribution in [0.5, 0.6) is 0 Å². The van der Waals surface area contributed by atoms with Gasteiger partial charge in [0.1, 0.15) is 0 Å². The van der Waals surface area contributed by atoms with Crippen LogP contribution < -0.4 is 4.72 Å². The maximum absolute atomic E-state index is 11.9. The molecule has 0 amide bonds. The minimum absolute atomic E-state index is 0.410. The summed E-state index contributed by atoms with van der Waals surface area (Å²) in [5.41, 5.74) is 1.70. The number of rotatable bonds is 3. The minimum atomic E-state index is -3.38. The first-order valence-electron chi connectivity index (χ1n) is 5.03. The maximum Gasteiger partial charge on any atom is 0.258 e. The van der Waals surface area contributed by atoms with Gasteiger partial charge in [-0.25, -0.2) is 8.42 Å². The Kier molecular flexibility index (Phi) is 2.83. The van der Waals surface area contributed by atoms with Crippen molar-refractivity contribution in [2.24, 2.45) is 0 Å². The first-order chi connectivity index (χ1) is 7.58. The topological polar surface area (TPSA) is 46.2 Å². The van der Waals surface area contributed by atoms with Crippen molar-refractivity contribution >= 4 is 15.7 Å². The molecule has 0 saturated heterocycles. The van der Waals surface area contributed by atoms with Crippen molar-refractivity contribution in [3.8, 4) is 0 Å². The second-order valence-electron chi connectivity index (χ2n) is 3.74. The standard InChI is InChI=1S/C12H13NO2S/c1-10-6-8-11(9-7-10)13-16(14,15)12-4-2-3-5-12/h2-4,6-9,13H,5H2,1H3. The largest absolute Gasteiger partial charge is 0.280 e. The van der Waals surface area contributed by atoms with E-state index in [0.717, 1.165) is 5.56 Å². The Hall–Kier alpha value is -1.55. The molecule has 1 aliphatic carbocycles. The van der Waals surface area contributed by atoms with Crippen LogP contribution in [0.15, 0.2) is 47.4 Å². The molecule has 1 N–H and O–H groups in total. The fourth-order valence-corrected chi connectivity index (χ4v) is 2.62. The zero-order chi connectivity index (χ0) is 11.6. The smallest absolute Gasteiger partial charge is 0.258 e. The SMILES string of the molecule is Cc1ccc(NS(=O)(=O)C2=CC=CC2)cc1. The van der Waals surface area contributed by atoms with Crippen LogP contribution in [0.1, 0.15) is 12.0 Å². The second-order valence-corrected chi connectivity index (χ2v) is 5.47. The molecule has 1 aliphatic rings. The van der Waals surface area contributed by atoms with Gasteiger partial charge in [-0.15, -0.1) is 0 Å². The van der Waals surface area contributed by atoms with E-state index in [1.165, 1.54) is 0 Å². The maximum atomic E-state index is 11.9. The fourth-order valence-electron chi connectivity index (χ4n) is 1.47. The molecule has 0 radical (unpaired) electrons. The molecular formula is C12H13NO2S. The van der Waals surface area contributed by atoms with Gasteiger partial charge in [-0.1, -0.05) is 29.8 Å². The zero-order valence-electron chi connectivity index (χ0n) is 8.97. The second kappa shape index (κ2) is 4.14. The number of allylic oxidation sites excluding steroid dienone is 4. The minimum Gasteiger partial charge on any atom is -0.280 e. The van der Waals surface area contributed by atoms with Crippen molar-refractivity contribution in [2.75, 3.05) is 4.72 Å². The molecule has 1 aromatic carbocycles. The van der Waals surface area contributed by atoms with Gasteiger partial charge in [0.25, 0.3) is 10.0 Å². The van der Waals surface area contributed by atoms with Crippen LogP contribution in [0.4, 0.5) is 5.69 Å². The van der Waals surface area contributed by atoms with Gasteiger partial charge in [0.15, 0.2) is 0 Å². The molecule has 2 rings (SSSR count). The lowest BCUT2D eigenvalue weighted by molar-refractivity contribution is 0.606. The number of aryl methyl sites for hydroxylation is 1. The summed E-state index contributed by atoms with van der Waals surface area (Å²) < 4.78 is 26.3. The van der Waals surface area contributed by atoms with E-state index < -0.39 is 10.0 Å². The average molecular weight is 235 g/mol. The van der Waals surface area contributed by atoms with Crippen LogP contribution in [0.25, 0.3) is 0 Å². The molecule has 0 atom stereocenters. The van der Waals surface area contributed by atoms with E-state index in [-0.39, 0.29) is 0 Å². The van der Waals surface area contributed by atoms with Crippen molar-refractivity contribution in [1.29, 1.82) is 0 Å². The highest BCUT2D eigenvalue weighted by atomic mass is 32.2. The van der Waals surface area contributed by atoms with Crippen LogP contribution in [0.2, 0.25) is 0 Å². The van der Waals surface area contributed by atoms with E-state index in [1.807, 2.05) is 25.1 Å². The summed E-state index contributed by atoms with van der Waals surface area (Å²) in [4.78, 5) is 0.410. The van der Waals surface area contributed by atoms with Gasteiger partial charge in [-0.05, 0) is 25.1 Å². The molecule has 4 heteroatoms. The average Bonchev–Trinajstić information content (AvgIpc) is 2.75. The van der Waals surface area contributed by atoms with Gasteiger partial charge in [-0.2, -0.15) is 0 Å². The molecule has 84 valence electrons. The Morgan fingerprint density at radius 1 is 1.19 bits per heavy atom. The third-order valence-electron chi connectivity index (χ3n) is 2.39. The Balaban J connectivity index is 2.18. The third kappa shape index (κ3) is 2.33. The molecule has 0 fully saturated rings. The number of sulfonamides is 1. The van der Waals surface area contributed by atoms with Gasteiger partial charge in [0.05, 0.1) is 4.91 Å². The molecule has 0 aliphatic heterocycles. The van der Waals surface area contributed by atoms with Gasteiger partial charge >= 0.3 is 0 Å².